The highest BCUT2D eigenvalue weighted by atomic mass is 79.9. The van der Waals surface area contributed by atoms with E-state index in [1.54, 1.807) is 11.3 Å². The van der Waals surface area contributed by atoms with E-state index >= 15 is 0 Å². The van der Waals surface area contributed by atoms with Crippen LogP contribution in [0.5, 0.6) is 0 Å². The fourth-order valence-electron chi connectivity index (χ4n) is 1.22. The van der Waals surface area contributed by atoms with Gasteiger partial charge in [0.15, 0.2) is 0 Å². The topological polar surface area (TPSA) is 35.2 Å². The third-order valence-electron chi connectivity index (χ3n) is 1.87. The molecule has 1 heterocycles. The van der Waals surface area contributed by atoms with Gasteiger partial charge in [-0.25, -0.2) is 5.90 Å². The summed E-state index contributed by atoms with van der Waals surface area (Å²) in [5.41, 5.74) is -0.0213. The van der Waals surface area contributed by atoms with Crippen LogP contribution in [0.4, 0.5) is 0 Å². The minimum atomic E-state index is -0.0213. The zero-order chi connectivity index (χ0) is 10.1. The van der Waals surface area contributed by atoms with Gasteiger partial charge < -0.3 is 4.84 Å². The number of hydrogen-bond acceptors (Lipinski definition) is 3. The molecule has 0 saturated carbocycles. The molecule has 0 aliphatic heterocycles. The van der Waals surface area contributed by atoms with Crippen LogP contribution in [0.25, 0.3) is 0 Å². The van der Waals surface area contributed by atoms with E-state index in [2.05, 4.69) is 42.8 Å². The predicted molar refractivity (Wildman–Crippen MR) is 59.9 cm³/mol. The lowest BCUT2D eigenvalue weighted by molar-refractivity contribution is 0.0974. The van der Waals surface area contributed by atoms with Crippen molar-refractivity contribution in [1.82, 2.24) is 0 Å². The van der Waals surface area contributed by atoms with Gasteiger partial charge in [-0.1, -0.05) is 13.8 Å². The molecule has 0 aliphatic rings. The van der Waals surface area contributed by atoms with Crippen molar-refractivity contribution >= 4 is 27.3 Å². The minimum absolute atomic E-state index is 0.0213. The molecule has 0 radical (unpaired) electrons. The van der Waals surface area contributed by atoms with Crippen molar-refractivity contribution in [2.45, 2.75) is 26.2 Å². The van der Waals surface area contributed by atoms with Crippen LogP contribution >= 0.6 is 27.3 Å². The normalized spacial score (nSPS) is 12.1. The molecule has 0 aromatic carbocycles. The van der Waals surface area contributed by atoms with Crippen LogP contribution < -0.4 is 5.90 Å². The van der Waals surface area contributed by atoms with Crippen molar-refractivity contribution in [2.75, 3.05) is 6.61 Å². The van der Waals surface area contributed by atoms with E-state index in [9.17, 15) is 0 Å². The second-order valence-electron chi connectivity index (χ2n) is 3.73. The lowest BCUT2D eigenvalue weighted by atomic mass is 9.93. The highest BCUT2D eigenvalue weighted by Crippen LogP contribution is 2.36. The molecule has 13 heavy (non-hydrogen) atoms. The van der Waals surface area contributed by atoms with Crippen LogP contribution in [0.2, 0.25) is 0 Å². The zero-order valence-electron chi connectivity index (χ0n) is 8.06. The van der Waals surface area contributed by atoms with Crippen LogP contribution in [-0.4, -0.2) is 6.61 Å². The third-order valence-corrected chi connectivity index (χ3v) is 4.17. The Morgan fingerprint density at radius 1 is 1.62 bits per heavy atom. The fourth-order valence-corrected chi connectivity index (χ4v) is 3.48. The highest BCUT2D eigenvalue weighted by molar-refractivity contribution is 9.10. The first kappa shape index (κ1) is 11.2. The number of hydrogen-bond donors (Lipinski definition) is 1. The van der Waals surface area contributed by atoms with Gasteiger partial charge in [-0.05, 0) is 28.9 Å². The minimum Gasteiger partial charge on any atom is -0.304 e. The molecule has 0 amide bonds. The summed E-state index contributed by atoms with van der Waals surface area (Å²) in [6.07, 6.45) is 0. The van der Waals surface area contributed by atoms with E-state index in [4.69, 9.17) is 10.7 Å². The van der Waals surface area contributed by atoms with Crippen molar-refractivity contribution < 1.29 is 4.84 Å². The van der Waals surface area contributed by atoms with Crippen LogP contribution in [0.3, 0.4) is 0 Å². The zero-order valence-corrected chi connectivity index (χ0v) is 10.5. The summed E-state index contributed by atoms with van der Waals surface area (Å²) >= 11 is 5.32. The molecule has 1 aromatic rings. The maximum Gasteiger partial charge on any atom is 0.0778 e. The Morgan fingerprint density at radius 2 is 2.23 bits per heavy atom. The molecule has 0 saturated heterocycles. The summed E-state index contributed by atoms with van der Waals surface area (Å²) in [5.74, 6) is 5.10. The molecule has 0 spiro atoms. The lowest BCUT2D eigenvalue weighted by Crippen LogP contribution is -2.25. The largest absolute Gasteiger partial charge is 0.304 e. The van der Waals surface area contributed by atoms with E-state index in [0.717, 1.165) is 4.47 Å². The predicted octanol–water partition coefficient (Wildman–Crippen LogP) is 2.99. The van der Waals surface area contributed by atoms with Gasteiger partial charge in [-0.3, -0.25) is 0 Å². The summed E-state index contributed by atoms with van der Waals surface area (Å²) in [7, 11) is 0. The number of nitrogens with two attached hydrogens (primary N) is 1. The summed E-state index contributed by atoms with van der Waals surface area (Å²) in [5, 5.41) is 0. The van der Waals surface area contributed by atoms with Crippen LogP contribution in [0.1, 0.15) is 23.6 Å². The fraction of sp³-hybridized carbons (Fsp3) is 0.556. The molecule has 4 heteroatoms. The van der Waals surface area contributed by atoms with E-state index in [1.165, 1.54) is 9.75 Å². The Labute approximate surface area is 91.2 Å². The molecule has 1 rings (SSSR count). The van der Waals surface area contributed by atoms with E-state index in [-0.39, 0.29) is 5.41 Å². The van der Waals surface area contributed by atoms with Crippen molar-refractivity contribution in [3.05, 3.63) is 20.3 Å². The molecule has 0 bridgehead atoms. The number of thiophene rings is 1. The van der Waals surface area contributed by atoms with Crippen molar-refractivity contribution in [1.29, 1.82) is 0 Å². The number of halogens is 1. The molecule has 0 unspecified atom stereocenters. The number of rotatable bonds is 3. The first-order valence-corrected chi connectivity index (χ1v) is 5.66. The summed E-state index contributed by atoms with van der Waals surface area (Å²) in [4.78, 5) is 7.30. The van der Waals surface area contributed by atoms with Gasteiger partial charge in [0.1, 0.15) is 0 Å². The average molecular weight is 264 g/mol. The maximum atomic E-state index is 5.10. The smallest absolute Gasteiger partial charge is 0.0778 e. The second-order valence-corrected chi connectivity index (χ2v) is 5.84. The van der Waals surface area contributed by atoms with Crippen LogP contribution in [0, 0.1) is 6.92 Å². The standard InChI is InChI=1S/C9H14BrNOS/c1-6-4-7(10)8(13-6)9(2,3)5-12-11/h4H,5,11H2,1-3H3. The molecule has 1 aromatic heterocycles. The first-order chi connectivity index (χ1) is 5.97. The molecule has 0 atom stereocenters. The Balaban J connectivity index is 2.98. The van der Waals surface area contributed by atoms with Gasteiger partial charge in [-0.2, -0.15) is 0 Å². The summed E-state index contributed by atoms with van der Waals surface area (Å²) < 4.78 is 1.15. The van der Waals surface area contributed by atoms with E-state index in [0.29, 0.717) is 6.61 Å². The van der Waals surface area contributed by atoms with Gasteiger partial charge in [-0.15, -0.1) is 11.3 Å². The van der Waals surface area contributed by atoms with Crippen LogP contribution in [0.15, 0.2) is 10.5 Å². The molecule has 0 fully saturated rings. The summed E-state index contributed by atoms with van der Waals surface area (Å²) in [6, 6.07) is 2.12. The van der Waals surface area contributed by atoms with E-state index < -0.39 is 0 Å². The van der Waals surface area contributed by atoms with Crippen molar-refractivity contribution in [3.8, 4) is 0 Å². The Hall–Kier alpha value is 0.1000. The summed E-state index contributed by atoms with van der Waals surface area (Å²) in [6.45, 7) is 6.87. The Morgan fingerprint density at radius 3 is 2.62 bits per heavy atom. The highest BCUT2D eigenvalue weighted by Gasteiger charge is 2.25. The van der Waals surface area contributed by atoms with Gasteiger partial charge >= 0.3 is 0 Å². The van der Waals surface area contributed by atoms with Gasteiger partial charge in [0.05, 0.1) is 6.61 Å². The van der Waals surface area contributed by atoms with Gasteiger partial charge in [0, 0.05) is 19.6 Å². The van der Waals surface area contributed by atoms with Gasteiger partial charge in [0.2, 0.25) is 0 Å². The molecule has 74 valence electrons. The molecule has 2 nitrogen and oxygen atoms in total. The monoisotopic (exact) mass is 263 g/mol. The number of aryl methyl sites for hydroxylation is 1. The molecule has 2 N–H and O–H groups in total. The van der Waals surface area contributed by atoms with Crippen molar-refractivity contribution in [2.24, 2.45) is 5.90 Å². The van der Waals surface area contributed by atoms with E-state index in [1.807, 2.05) is 0 Å². The molecule has 0 aliphatic carbocycles. The Kier molecular flexibility index (Phi) is 3.51. The first-order valence-electron chi connectivity index (χ1n) is 4.05. The average Bonchev–Trinajstić information content (AvgIpc) is 2.30. The van der Waals surface area contributed by atoms with Crippen molar-refractivity contribution in [3.63, 3.8) is 0 Å². The SMILES string of the molecule is Cc1cc(Br)c(C(C)(C)CON)s1. The molecular weight excluding hydrogens is 250 g/mol. The maximum absolute atomic E-state index is 5.10. The molecular formula is C9H14BrNOS. The lowest BCUT2D eigenvalue weighted by Gasteiger charge is -2.22. The van der Waals surface area contributed by atoms with Crippen LogP contribution in [-0.2, 0) is 10.3 Å². The van der Waals surface area contributed by atoms with Gasteiger partial charge in [0.25, 0.3) is 0 Å². The quantitative estimate of drug-likeness (QED) is 0.852. The second kappa shape index (κ2) is 4.09. The third kappa shape index (κ3) is 2.53. The Bertz CT molecular complexity index is 296.